The van der Waals surface area contributed by atoms with Gasteiger partial charge in [0.1, 0.15) is 0 Å². The van der Waals surface area contributed by atoms with Crippen molar-refractivity contribution in [3.05, 3.63) is 0 Å². The third kappa shape index (κ3) is 3.48. The number of rotatable bonds is 3. The maximum atomic E-state index is 3.91. The Morgan fingerprint density at radius 3 is 2.67 bits per heavy atom. The third-order valence-corrected chi connectivity index (χ3v) is 5.24. The first-order valence-electron chi connectivity index (χ1n) is 8.14. The number of hydrogen-bond acceptors (Lipinski definition) is 2. The summed E-state index contributed by atoms with van der Waals surface area (Å²) in [7, 11) is 0. The van der Waals surface area contributed by atoms with Crippen LogP contribution in [0.2, 0.25) is 0 Å². The average molecular weight is 252 g/mol. The van der Waals surface area contributed by atoms with Crippen molar-refractivity contribution in [3.8, 4) is 0 Å². The van der Waals surface area contributed by atoms with Crippen molar-refractivity contribution in [2.24, 2.45) is 5.92 Å². The summed E-state index contributed by atoms with van der Waals surface area (Å²) in [4.78, 5) is 2.78. The first-order chi connectivity index (χ1) is 8.65. The molecule has 0 radical (unpaired) electrons. The molecule has 0 aromatic rings. The SMILES string of the molecule is CCC(C)CN1CC2(CCCCC2)NCCC1C. The molecule has 1 heterocycles. The Balaban J connectivity index is 2.01. The average Bonchev–Trinajstić information content (AvgIpc) is 2.51. The first kappa shape index (κ1) is 14.3. The molecule has 1 aliphatic carbocycles. The van der Waals surface area contributed by atoms with Crippen molar-refractivity contribution < 1.29 is 0 Å². The lowest BCUT2D eigenvalue weighted by Gasteiger charge is -2.41. The molecule has 2 atom stereocenters. The van der Waals surface area contributed by atoms with E-state index in [-0.39, 0.29) is 0 Å². The minimum absolute atomic E-state index is 0.455. The maximum absolute atomic E-state index is 3.91. The Morgan fingerprint density at radius 1 is 1.28 bits per heavy atom. The van der Waals surface area contributed by atoms with Gasteiger partial charge in [0, 0.05) is 24.7 Å². The van der Waals surface area contributed by atoms with E-state index in [4.69, 9.17) is 0 Å². The Labute approximate surface area is 114 Å². The second-order valence-electron chi connectivity index (χ2n) is 6.85. The van der Waals surface area contributed by atoms with Gasteiger partial charge < -0.3 is 5.32 Å². The van der Waals surface area contributed by atoms with Gasteiger partial charge in [0.15, 0.2) is 0 Å². The predicted octanol–water partition coefficient (Wildman–Crippen LogP) is 3.42. The van der Waals surface area contributed by atoms with Crippen molar-refractivity contribution in [3.63, 3.8) is 0 Å². The van der Waals surface area contributed by atoms with Gasteiger partial charge in [-0.05, 0) is 38.6 Å². The zero-order valence-corrected chi connectivity index (χ0v) is 12.7. The molecule has 0 bridgehead atoms. The summed E-state index contributed by atoms with van der Waals surface area (Å²) in [6.07, 6.45) is 9.73. The smallest absolute Gasteiger partial charge is 0.0308 e. The van der Waals surface area contributed by atoms with Crippen LogP contribution in [-0.4, -0.2) is 36.1 Å². The molecule has 2 unspecified atom stereocenters. The molecule has 2 heteroatoms. The van der Waals surface area contributed by atoms with Crippen LogP contribution in [0.25, 0.3) is 0 Å². The quantitative estimate of drug-likeness (QED) is 0.828. The highest BCUT2D eigenvalue weighted by Gasteiger charge is 2.36. The maximum Gasteiger partial charge on any atom is 0.0308 e. The fraction of sp³-hybridized carbons (Fsp3) is 1.00. The van der Waals surface area contributed by atoms with E-state index in [1.54, 1.807) is 0 Å². The fourth-order valence-electron chi connectivity index (χ4n) is 3.67. The molecule has 2 rings (SSSR count). The van der Waals surface area contributed by atoms with Crippen LogP contribution in [0.1, 0.15) is 65.7 Å². The van der Waals surface area contributed by atoms with Gasteiger partial charge in [0.25, 0.3) is 0 Å². The van der Waals surface area contributed by atoms with Gasteiger partial charge in [-0.2, -0.15) is 0 Å². The van der Waals surface area contributed by atoms with Gasteiger partial charge in [-0.1, -0.05) is 39.5 Å². The molecule has 1 aliphatic heterocycles. The molecule has 1 saturated heterocycles. The van der Waals surface area contributed by atoms with Gasteiger partial charge in [0.05, 0.1) is 0 Å². The van der Waals surface area contributed by atoms with E-state index in [2.05, 4.69) is 31.0 Å². The van der Waals surface area contributed by atoms with Crippen LogP contribution in [0, 0.1) is 5.92 Å². The van der Waals surface area contributed by atoms with Gasteiger partial charge >= 0.3 is 0 Å². The van der Waals surface area contributed by atoms with E-state index in [0.717, 1.165) is 12.0 Å². The zero-order chi connectivity index (χ0) is 13.0. The Kier molecular flexibility index (Phi) is 5.08. The second kappa shape index (κ2) is 6.38. The molecule has 1 N–H and O–H groups in total. The molecule has 1 saturated carbocycles. The molecule has 18 heavy (non-hydrogen) atoms. The van der Waals surface area contributed by atoms with E-state index >= 15 is 0 Å². The highest BCUT2D eigenvalue weighted by molar-refractivity contribution is 4.96. The standard InChI is InChI=1S/C16H32N2/c1-4-14(2)12-18-13-16(9-6-5-7-10-16)17-11-8-15(18)3/h14-15,17H,4-13H2,1-3H3. The van der Waals surface area contributed by atoms with Crippen LogP contribution in [0.3, 0.4) is 0 Å². The summed E-state index contributed by atoms with van der Waals surface area (Å²) < 4.78 is 0. The normalized spacial score (nSPS) is 31.2. The molecular weight excluding hydrogens is 220 g/mol. The van der Waals surface area contributed by atoms with Crippen molar-refractivity contribution >= 4 is 0 Å². The molecule has 0 aromatic heterocycles. The minimum Gasteiger partial charge on any atom is -0.310 e. The molecule has 0 amide bonds. The van der Waals surface area contributed by atoms with Crippen LogP contribution in [0.4, 0.5) is 0 Å². The fourth-order valence-corrected chi connectivity index (χ4v) is 3.67. The number of hydrogen-bond donors (Lipinski definition) is 1. The van der Waals surface area contributed by atoms with Crippen molar-refractivity contribution in [1.82, 2.24) is 10.2 Å². The topological polar surface area (TPSA) is 15.3 Å². The molecule has 2 fully saturated rings. The van der Waals surface area contributed by atoms with E-state index in [1.807, 2.05) is 0 Å². The van der Waals surface area contributed by atoms with Crippen LogP contribution in [0.5, 0.6) is 0 Å². The summed E-state index contributed by atoms with van der Waals surface area (Å²) in [6.45, 7) is 10.9. The lowest BCUT2D eigenvalue weighted by atomic mass is 9.81. The Morgan fingerprint density at radius 2 is 2.00 bits per heavy atom. The predicted molar refractivity (Wildman–Crippen MR) is 78.9 cm³/mol. The first-order valence-corrected chi connectivity index (χ1v) is 8.14. The van der Waals surface area contributed by atoms with Crippen LogP contribution in [0.15, 0.2) is 0 Å². The van der Waals surface area contributed by atoms with Gasteiger partial charge in [-0.25, -0.2) is 0 Å². The van der Waals surface area contributed by atoms with E-state index in [9.17, 15) is 0 Å². The molecular formula is C16H32N2. The number of nitrogens with one attached hydrogen (secondary N) is 1. The highest BCUT2D eigenvalue weighted by Crippen LogP contribution is 2.31. The van der Waals surface area contributed by atoms with Crippen LogP contribution in [-0.2, 0) is 0 Å². The molecule has 2 aliphatic rings. The Bertz CT molecular complexity index is 245. The van der Waals surface area contributed by atoms with Gasteiger partial charge in [-0.3, -0.25) is 4.90 Å². The van der Waals surface area contributed by atoms with Crippen LogP contribution < -0.4 is 5.32 Å². The molecule has 2 nitrogen and oxygen atoms in total. The summed E-state index contributed by atoms with van der Waals surface area (Å²) in [6, 6.07) is 0.757. The van der Waals surface area contributed by atoms with Crippen molar-refractivity contribution in [2.75, 3.05) is 19.6 Å². The third-order valence-electron chi connectivity index (χ3n) is 5.24. The van der Waals surface area contributed by atoms with Crippen molar-refractivity contribution in [1.29, 1.82) is 0 Å². The summed E-state index contributed by atoms with van der Waals surface area (Å²) in [5.74, 6) is 0.839. The van der Waals surface area contributed by atoms with E-state index < -0.39 is 0 Å². The molecule has 0 aromatic carbocycles. The van der Waals surface area contributed by atoms with Crippen LogP contribution >= 0.6 is 0 Å². The Hall–Kier alpha value is -0.0800. The summed E-state index contributed by atoms with van der Waals surface area (Å²) >= 11 is 0. The highest BCUT2D eigenvalue weighted by atomic mass is 15.2. The lowest BCUT2D eigenvalue weighted by molar-refractivity contribution is 0.122. The monoisotopic (exact) mass is 252 g/mol. The van der Waals surface area contributed by atoms with E-state index in [1.165, 1.54) is 64.6 Å². The molecule has 106 valence electrons. The zero-order valence-electron chi connectivity index (χ0n) is 12.7. The minimum atomic E-state index is 0.455. The summed E-state index contributed by atoms with van der Waals surface area (Å²) in [5, 5.41) is 3.91. The van der Waals surface area contributed by atoms with E-state index in [0.29, 0.717) is 5.54 Å². The molecule has 1 spiro atoms. The van der Waals surface area contributed by atoms with Gasteiger partial charge in [0.2, 0.25) is 0 Å². The lowest BCUT2D eigenvalue weighted by Crippen LogP contribution is -2.53. The number of nitrogens with zero attached hydrogens (tertiary/aromatic N) is 1. The summed E-state index contributed by atoms with van der Waals surface area (Å²) in [5.41, 5.74) is 0.455. The second-order valence-corrected chi connectivity index (χ2v) is 6.85. The largest absolute Gasteiger partial charge is 0.310 e. The van der Waals surface area contributed by atoms with Crippen molar-refractivity contribution in [2.45, 2.75) is 77.3 Å². The van der Waals surface area contributed by atoms with Gasteiger partial charge in [-0.15, -0.1) is 0 Å².